The van der Waals surface area contributed by atoms with Gasteiger partial charge in [-0.3, -0.25) is 4.79 Å². The Morgan fingerprint density at radius 1 is 1.56 bits per heavy atom. The van der Waals surface area contributed by atoms with Crippen LogP contribution >= 0.6 is 0 Å². The van der Waals surface area contributed by atoms with Crippen LogP contribution in [0.15, 0.2) is 24.3 Å². The molecule has 0 aromatic heterocycles. The van der Waals surface area contributed by atoms with Crippen molar-refractivity contribution in [3.8, 4) is 5.75 Å². The van der Waals surface area contributed by atoms with Gasteiger partial charge in [0, 0.05) is 1.37 Å². The van der Waals surface area contributed by atoms with Gasteiger partial charge in [-0.05, 0) is 31.0 Å². The van der Waals surface area contributed by atoms with E-state index in [1.165, 1.54) is 0 Å². The summed E-state index contributed by atoms with van der Waals surface area (Å²) in [7, 11) is 1.63. The van der Waals surface area contributed by atoms with Gasteiger partial charge in [-0.25, -0.2) is 0 Å². The van der Waals surface area contributed by atoms with Crippen molar-refractivity contribution in [3.05, 3.63) is 29.8 Å². The molecule has 0 heterocycles. The summed E-state index contributed by atoms with van der Waals surface area (Å²) in [6.07, 6.45) is 1.33. The SMILES string of the molecule is [2H][C@H](CCc1ccccc1OC)NCC(N)=O. The topological polar surface area (TPSA) is 64.3 Å². The summed E-state index contributed by atoms with van der Waals surface area (Å²) in [5.74, 6) is 0.383. The number of primary amides is 1. The Morgan fingerprint density at radius 3 is 3.00 bits per heavy atom. The summed E-state index contributed by atoms with van der Waals surface area (Å²) in [4.78, 5) is 10.5. The molecule has 0 aliphatic carbocycles. The fourth-order valence-corrected chi connectivity index (χ4v) is 1.41. The monoisotopic (exact) mass is 223 g/mol. The Hall–Kier alpha value is -1.55. The van der Waals surface area contributed by atoms with Crippen molar-refractivity contribution in [1.82, 2.24) is 5.32 Å². The van der Waals surface area contributed by atoms with Gasteiger partial charge in [0.1, 0.15) is 5.75 Å². The van der Waals surface area contributed by atoms with E-state index in [1.807, 2.05) is 24.3 Å². The van der Waals surface area contributed by atoms with E-state index in [4.69, 9.17) is 11.8 Å². The van der Waals surface area contributed by atoms with Crippen LogP contribution < -0.4 is 15.8 Å². The molecule has 1 atom stereocenters. The molecular weight excluding hydrogens is 204 g/mol. The van der Waals surface area contributed by atoms with Crippen molar-refractivity contribution in [2.45, 2.75) is 12.8 Å². The molecule has 1 aromatic carbocycles. The minimum atomic E-state index is -0.493. The molecule has 0 fully saturated rings. The molecule has 1 rings (SSSR count). The summed E-state index contributed by atoms with van der Waals surface area (Å²) >= 11 is 0. The number of benzene rings is 1. The lowest BCUT2D eigenvalue weighted by atomic mass is 10.1. The summed E-state index contributed by atoms with van der Waals surface area (Å²) in [6.45, 7) is -0.451. The van der Waals surface area contributed by atoms with E-state index in [1.54, 1.807) is 7.11 Å². The number of carbonyl (C=O) groups is 1. The minimum Gasteiger partial charge on any atom is -0.496 e. The molecule has 0 spiro atoms. The maximum absolute atomic E-state index is 10.5. The molecule has 0 radical (unpaired) electrons. The second-order valence-electron chi connectivity index (χ2n) is 3.40. The van der Waals surface area contributed by atoms with Crippen LogP contribution in [0.1, 0.15) is 13.4 Å². The molecule has 0 saturated carbocycles. The van der Waals surface area contributed by atoms with Gasteiger partial charge >= 0.3 is 0 Å². The fourth-order valence-electron chi connectivity index (χ4n) is 1.41. The summed E-state index contributed by atoms with van der Waals surface area (Å²) in [5, 5.41) is 2.74. The number of methoxy groups -OCH3 is 1. The number of nitrogens with two attached hydrogens (primary N) is 1. The molecule has 0 unspecified atom stereocenters. The average molecular weight is 223 g/mol. The Bertz CT molecular complexity index is 371. The third-order valence-electron chi connectivity index (χ3n) is 2.17. The second-order valence-corrected chi connectivity index (χ2v) is 3.40. The van der Waals surface area contributed by atoms with Crippen molar-refractivity contribution in [2.24, 2.45) is 5.73 Å². The molecule has 0 saturated heterocycles. The lowest BCUT2D eigenvalue weighted by Crippen LogP contribution is -2.29. The lowest BCUT2D eigenvalue weighted by Gasteiger charge is -2.07. The highest BCUT2D eigenvalue weighted by atomic mass is 16.5. The Morgan fingerprint density at radius 2 is 2.31 bits per heavy atom. The van der Waals surface area contributed by atoms with Gasteiger partial charge in [0.25, 0.3) is 0 Å². The summed E-state index contributed by atoms with van der Waals surface area (Å²) in [6, 6.07) is 7.71. The molecule has 16 heavy (non-hydrogen) atoms. The highest BCUT2D eigenvalue weighted by molar-refractivity contribution is 5.75. The van der Waals surface area contributed by atoms with Crippen molar-refractivity contribution in [3.63, 3.8) is 0 Å². The average Bonchev–Trinajstić information content (AvgIpc) is 2.34. The van der Waals surface area contributed by atoms with Gasteiger partial charge in [-0.2, -0.15) is 0 Å². The minimum absolute atomic E-state index is 0.0418. The van der Waals surface area contributed by atoms with Gasteiger partial charge in [-0.15, -0.1) is 0 Å². The first-order chi connectivity index (χ1) is 8.13. The number of para-hydroxylation sites is 1. The molecule has 0 aliphatic heterocycles. The number of hydrogen-bond donors (Lipinski definition) is 2. The lowest BCUT2D eigenvalue weighted by molar-refractivity contribution is -0.117. The third kappa shape index (κ3) is 4.31. The number of carbonyl (C=O) groups excluding carboxylic acids is 1. The standard InChI is InChI=1S/C12H18N2O2/c1-16-11-7-3-2-5-10(11)6-4-8-14-9-12(13)15/h2-3,5,7,14H,4,6,8-9H2,1H3,(H2,13,15)/i8D/t8-/m1/s1. The highest BCUT2D eigenvalue weighted by Gasteiger charge is 2.00. The van der Waals surface area contributed by atoms with Crippen molar-refractivity contribution in [2.75, 3.05) is 20.2 Å². The summed E-state index contributed by atoms with van der Waals surface area (Å²) < 4.78 is 12.9. The van der Waals surface area contributed by atoms with Crippen LogP contribution in [0.2, 0.25) is 0 Å². The highest BCUT2D eigenvalue weighted by Crippen LogP contribution is 2.18. The van der Waals surface area contributed by atoms with Crippen LogP contribution in [0.4, 0.5) is 0 Å². The largest absolute Gasteiger partial charge is 0.496 e. The number of nitrogens with one attached hydrogen (secondary N) is 1. The van der Waals surface area contributed by atoms with Crippen LogP contribution in [-0.4, -0.2) is 26.1 Å². The number of rotatable bonds is 7. The predicted molar refractivity (Wildman–Crippen MR) is 63.4 cm³/mol. The summed E-state index contributed by atoms with van der Waals surface area (Å²) in [5.41, 5.74) is 6.05. The zero-order chi connectivity index (χ0) is 12.7. The third-order valence-corrected chi connectivity index (χ3v) is 2.17. The molecule has 1 amide bonds. The molecule has 0 aliphatic rings. The predicted octanol–water partition coefficient (Wildman–Crippen LogP) is 0.703. The van der Waals surface area contributed by atoms with Crippen molar-refractivity contribution >= 4 is 5.91 Å². The molecule has 4 heteroatoms. The van der Waals surface area contributed by atoms with E-state index >= 15 is 0 Å². The van der Waals surface area contributed by atoms with Gasteiger partial charge in [0.2, 0.25) is 5.91 Å². The normalized spacial score (nSPS) is 12.9. The van der Waals surface area contributed by atoms with Crippen LogP contribution in [0.3, 0.4) is 0 Å². The van der Waals surface area contributed by atoms with E-state index in [9.17, 15) is 4.79 Å². The number of hydrogen-bond acceptors (Lipinski definition) is 3. The Labute approximate surface area is 97.2 Å². The first kappa shape index (κ1) is 11.0. The fraction of sp³-hybridized carbons (Fsp3) is 0.417. The second kappa shape index (κ2) is 6.85. The van der Waals surface area contributed by atoms with Gasteiger partial charge in [-0.1, -0.05) is 18.2 Å². The molecule has 1 aromatic rings. The zero-order valence-corrected chi connectivity index (χ0v) is 9.40. The van der Waals surface area contributed by atoms with E-state index < -0.39 is 12.4 Å². The molecule has 0 bridgehead atoms. The number of amides is 1. The van der Waals surface area contributed by atoms with Gasteiger partial charge in [0.15, 0.2) is 0 Å². The maximum Gasteiger partial charge on any atom is 0.231 e. The van der Waals surface area contributed by atoms with Crippen molar-refractivity contribution < 1.29 is 10.9 Å². The molecular formula is C12H18N2O2. The van der Waals surface area contributed by atoms with Crippen LogP contribution in [0.5, 0.6) is 5.75 Å². The Kier molecular flexibility index (Phi) is 4.69. The van der Waals surface area contributed by atoms with Crippen LogP contribution in [0.25, 0.3) is 0 Å². The maximum atomic E-state index is 10.5. The molecule has 3 N–H and O–H groups in total. The Balaban J connectivity index is 2.41. The quantitative estimate of drug-likeness (QED) is 0.715. The first-order valence-corrected chi connectivity index (χ1v) is 5.19. The molecule has 4 nitrogen and oxygen atoms in total. The van der Waals surface area contributed by atoms with E-state index in [0.717, 1.165) is 17.7 Å². The smallest absolute Gasteiger partial charge is 0.231 e. The zero-order valence-electron chi connectivity index (χ0n) is 10.4. The van der Waals surface area contributed by atoms with E-state index in [2.05, 4.69) is 5.32 Å². The first-order valence-electron chi connectivity index (χ1n) is 5.77. The van der Waals surface area contributed by atoms with E-state index in [-0.39, 0.29) is 6.54 Å². The number of ether oxygens (including phenoxy) is 1. The molecule has 88 valence electrons. The van der Waals surface area contributed by atoms with Crippen LogP contribution in [0, 0.1) is 0 Å². The van der Waals surface area contributed by atoms with Crippen LogP contribution in [-0.2, 0) is 11.2 Å². The van der Waals surface area contributed by atoms with E-state index in [0.29, 0.717) is 6.42 Å². The van der Waals surface area contributed by atoms with Crippen molar-refractivity contribution in [1.29, 1.82) is 0 Å². The van der Waals surface area contributed by atoms with Gasteiger partial charge in [0.05, 0.1) is 13.7 Å². The van der Waals surface area contributed by atoms with Gasteiger partial charge < -0.3 is 15.8 Å². The number of aryl methyl sites for hydroxylation is 1.